The van der Waals surface area contributed by atoms with Gasteiger partial charge < -0.3 is 30.5 Å². The number of aliphatic hydroxyl groups excluding tert-OH is 2. The zero-order chi connectivity index (χ0) is 20.8. The van der Waals surface area contributed by atoms with Gasteiger partial charge in [-0.2, -0.15) is 0 Å². The third-order valence-corrected chi connectivity index (χ3v) is 4.84. The summed E-state index contributed by atoms with van der Waals surface area (Å²) < 4.78 is 0. The quantitative estimate of drug-likeness (QED) is 0.225. The number of rotatable bonds is 11. The average molecular weight is 384 g/mol. The lowest BCUT2D eigenvalue weighted by Crippen LogP contribution is -2.40. The molecule has 1 heterocycles. The number of aromatic nitrogens is 1. The molecular weight excluding hydrogens is 352 g/mol. The molecule has 1 aromatic rings. The number of nitro groups is 1. The Hall–Kier alpha value is -1.74. The molecule has 0 spiro atoms. The number of aliphatic hydroxyl groups is 4. The molecule has 1 rings (SSSR count). The van der Waals surface area contributed by atoms with Crippen LogP contribution in [0.2, 0.25) is 0 Å². The van der Waals surface area contributed by atoms with Gasteiger partial charge in [0.05, 0.1) is 29.6 Å². The van der Waals surface area contributed by atoms with Gasteiger partial charge in [-0.3, -0.25) is 0 Å². The van der Waals surface area contributed by atoms with E-state index in [4.69, 9.17) is 0 Å². The lowest BCUT2D eigenvalue weighted by molar-refractivity contribution is -0.389. The summed E-state index contributed by atoms with van der Waals surface area (Å²) in [6.07, 6.45) is 3.58. The van der Waals surface area contributed by atoms with Crippen LogP contribution in [-0.2, 0) is 6.42 Å². The third kappa shape index (κ3) is 7.80. The maximum Gasteiger partial charge on any atom is 0.321 e. The molecule has 3 atom stereocenters. The molecule has 1 aromatic heterocycles. The van der Waals surface area contributed by atoms with E-state index >= 15 is 0 Å². The monoisotopic (exact) mass is 384 g/mol. The maximum atomic E-state index is 10.7. The van der Waals surface area contributed by atoms with Crippen LogP contribution in [0.5, 0.6) is 0 Å². The second kappa shape index (κ2) is 9.45. The maximum absolute atomic E-state index is 10.7. The summed E-state index contributed by atoms with van der Waals surface area (Å²) in [5.41, 5.74) is -0.886. The highest BCUT2D eigenvalue weighted by molar-refractivity contribution is 5.27. The van der Waals surface area contributed by atoms with Crippen molar-refractivity contribution in [2.45, 2.75) is 83.2 Å². The van der Waals surface area contributed by atoms with Crippen molar-refractivity contribution in [3.63, 3.8) is 0 Å². The van der Waals surface area contributed by atoms with Crippen molar-refractivity contribution in [2.75, 3.05) is 0 Å². The van der Waals surface area contributed by atoms with Crippen molar-refractivity contribution in [3.8, 4) is 0 Å². The van der Waals surface area contributed by atoms with Crippen LogP contribution >= 0.6 is 0 Å². The van der Waals surface area contributed by atoms with Crippen LogP contribution < -0.4 is 0 Å². The molecule has 8 heteroatoms. The van der Waals surface area contributed by atoms with Crippen LogP contribution in [0.4, 0.5) is 5.82 Å². The summed E-state index contributed by atoms with van der Waals surface area (Å²) in [5.74, 6) is -0.149. The number of hydrogen-bond donors (Lipinski definition) is 5. The Balaban J connectivity index is 2.49. The molecule has 0 aliphatic rings. The Morgan fingerprint density at radius 3 is 2.44 bits per heavy atom. The first-order valence-electron chi connectivity index (χ1n) is 9.11. The molecule has 0 aromatic carbocycles. The Morgan fingerprint density at radius 1 is 1.30 bits per heavy atom. The number of nitrogens with one attached hydrogen (secondary N) is 1. The molecular formula is C19H32N2O6. The molecule has 8 nitrogen and oxygen atoms in total. The van der Waals surface area contributed by atoms with E-state index in [9.17, 15) is 30.5 Å². The highest BCUT2D eigenvalue weighted by Crippen LogP contribution is 2.23. The van der Waals surface area contributed by atoms with E-state index in [-0.39, 0.29) is 12.2 Å². The summed E-state index contributed by atoms with van der Waals surface area (Å²) in [4.78, 5) is 12.6. The first kappa shape index (κ1) is 23.3. The van der Waals surface area contributed by atoms with Crippen LogP contribution in [0.25, 0.3) is 0 Å². The summed E-state index contributed by atoms with van der Waals surface area (Å²) in [6.45, 7) is 6.59. The van der Waals surface area contributed by atoms with E-state index in [1.165, 1.54) is 12.3 Å². The highest BCUT2D eigenvalue weighted by Gasteiger charge is 2.30. The molecule has 0 radical (unpaired) electrons. The van der Waals surface area contributed by atoms with Crippen LogP contribution in [0.15, 0.2) is 23.9 Å². The minimum atomic E-state index is -1.34. The van der Waals surface area contributed by atoms with Crippen molar-refractivity contribution in [1.29, 1.82) is 0 Å². The first-order chi connectivity index (χ1) is 12.3. The molecule has 27 heavy (non-hydrogen) atoms. The van der Waals surface area contributed by atoms with Crippen molar-refractivity contribution in [3.05, 3.63) is 39.6 Å². The molecule has 0 saturated heterocycles. The number of aromatic amines is 1. The second-order valence-electron chi connectivity index (χ2n) is 8.02. The summed E-state index contributed by atoms with van der Waals surface area (Å²) in [6, 6.07) is 1.34. The van der Waals surface area contributed by atoms with E-state index in [0.717, 1.165) is 5.57 Å². The van der Waals surface area contributed by atoms with Crippen LogP contribution in [0.1, 0.15) is 58.9 Å². The van der Waals surface area contributed by atoms with Gasteiger partial charge >= 0.3 is 5.82 Å². The van der Waals surface area contributed by atoms with Gasteiger partial charge in [0.2, 0.25) is 0 Å². The van der Waals surface area contributed by atoms with Crippen molar-refractivity contribution < 1.29 is 25.3 Å². The summed E-state index contributed by atoms with van der Waals surface area (Å²) in [7, 11) is 0. The van der Waals surface area contributed by atoms with Crippen molar-refractivity contribution in [1.82, 2.24) is 4.98 Å². The van der Waals surface area contributed by atoms with Gasteiger partial charge in [-0.1, -0.05) is 11.6 Å². The second-order valence-corrected chi connectivity index (χ2v) is 8.02. The van der Waals surface area contributed by atoms with E-state index in [1.807, 2.05) is 13.0 Å². The minimum absolute atomic E-state index is 0.109. The van der Waals surface area contributed by atoms with Crippen molar-refractivity contribution >= 4 is 5.82 Å². The van der Waals surface area contributed by atoms with Gasteiger partial charge in [0, 0.05) is 18.1 Å². The molecule has 0 fully saturated rings. The zero-order valence-corrected chi connectivity index (χ0v) is 16.5. The van der Waals surface area contributed by atoms with Gasteiger partial charge in [-0.05, 0) is 58.3 Å². The van der Waals surface area contributed by atoms with Gasteiger partial charge in [0.15, 0.2) is 0 Å². The number of H-pyrrole nitrogens is 1. The molecule has 0 amide bonds. The summed E-state index contributed by atoms with van der Waals surface area (Å²) in [5, 5.41) is 51.0. The van der Waals surface area contributed by atoms with Gasteiger partial charge in [-0.25, -0.2) is 4.98 Å². The zero-order valence-electron chi connectivity index (χ0n) is 16.5. The Labute approximate surface area is 159 Å². The largest absolute Gasteiger partial charge is 0.390 e. The predicted octanol–water partition coefficient (Wildman–Crippen LogP) is 2.22. The standard InChI is InChI=1S/C19H32N2O6/c1-13(7-8-15(22)18(2,3)24)6-5-9-19(4,25)16(23)10-14-11-17(20-12-14)21(26)27/h6,11-12,15-16,20,22-25H,5,7-10H2,1-4H3. The molecule has 154 valence electrons. The minimum Gasteiger partial charge on any atom is -0.390 e. The average Bonchev–Trinajstić information content (AvgIpc) is 3.00. The summed E-state index contributed by atoms with van der Waals surface area (Å²) >= 11 is 0. The van der Waals surface area contributed by atoms with E-state index in [1.54, 1.807) is 20.8 Å². The predicted molar refractivity (Wildman–Crippen MR) is 102 cm³/mol. The third-order valence-electron chi connectivity index (χ3n) is 4.84. The van der Waals surface area contributed by atoms with Gasteiger partial charge in [0.25, 0.3) is 0 Å². The molecule has 0 bridgehead atoms. The molecule has 0 aliphatic carbocycles. The first-order valence-corrected chi connectivity index (χ1v) is 9.11. The number of nitrogens with zero attached hydrogens (tertiary/aromatic N) is 1. The number of hydrogen-bond acceptors (Lipinski definition) is 6. The SMILES string of the molecule is CC(=CCCC(C)(O)C(O)Cc1c[nH]c([N+](=O)[O-])c1)CCC(O)C(C)(C)O. The fourth-order valence-corrected chi connectivity index (χ4v) is 2.69. The molecule has 0 aliphatic heterocycles. The lowest BCUT2D eigenvalue weighted by atomic mass is 9.89. The van der Waals surface area contributed by atoms with E-state index < -0.39 is 28.3 Å². The smallest absolute Gasteiger partial charge is 0.321 e. The van der Waals surface area contributed by atoms with E-state index in [2.05, 4.69) is 4.98 Å². The Bertz CT molecular complexity index is 645. The van der Waals surface area contributed by atoms with Gasteiger partial charge in [-0.15, -0.1) is 0 Å². The van der Waals surface area contributed by atoms with Gasteiger partial charge in [0.1, 0.15) is 0 Å². The Kier molecular flexibility index (Phi) is 8.16. The Morgan fingerprint density at radius 2 is 1.93 bits per heavy atom. The van der Waals surface area contributed by atoms with Crippen molar-refractivity contribution in [2.24, 2.45) is 0 Å². The fraction of sp³-hybridized carbons (Fsp3) is 0.684. The van der Waals surface area contributed by atoms with E-state index in [0.29, 0.717) is 31.2 Å². The lowest BCUT2D eigenvalue weighted by Gasteiger charge is -2.28. The normalized spacial score (nSPS) is 17.4. The molecule has 0 saturated carbocycles. The number of allylic oxidation sites excluding steroid dienone is 2. The molecule has 3 unspecified atom stereocenters. The van der Waals surface area contributed by atoms with Crippen LogP contribution in [0, 0.1) is 10.1 Å². The van der Waals surface area contributed by atoms with Crippen LogP contribution in [-0.4, -0.2) is 53.7 Å². The fourth-order valence-electron chi connectivity index (χ4n) is 2.69. The highest BCUT2D eigenvalue weighted by atomic mass is 16.6. The molecule has 5 N–H and O–H groups in total. The van der Waals surface area contributed by atoms with Crippen LogP contribution in [0.3, 0.4) is 0 Å². The topological polar surface area (TPSA) is 140 Å².